The molecule has 0 aromatic rings. The fraction of sp³-hybridized carbons (Fsp3) is 1.00. The summed E-state index contributed by atoms with van der Waals surface area (Å²) in [6.07, 6.45) is 8.35. The van der Waals surface area contributed by atoms with Gasteiger partial charge in [-0.25, -0.2) is 0 Å². The van der Waals surface area contributed by atoms with Gasteiger partial charge in [0.15, 0.2) is 0 Å². The van der Waals surface area contributed by atoms with Crippen molar-refractivity contribution in [3.8, 4) is 0 Å². The second kappa shape index (κ2) is 5.50. The van der Waals surface area contributed by atoms with E-state index in [1.165, 1.54) is 45.1 Å². The third kappa shape index (κ3) is 2.98. The van der Waals surface area contributed by atoms with Crippen LogP contribution in [0.1, 0.15) is 52.4 Å². The molecule has 2 rings (SSSR count). The van der Waals surface area contributed by atoms with Gasteiger partial charge in [-0.1, -0.05) is 26.2 Å². The highest BCUT2D eigenvalue weighted by Gasteiger charge is 2.29. The number of hydrogen-bond donors (Lipinski definition) is 1. The Hall–Kier alpha value is -0.0800. The molecule has 3 atom stereocenters. The molecule has 0 aromatic heterocycles. The molecule has 1 aliphatic carbocycles. The van der Waals surface area contributed by atoms with Crippen LogP contribution in [0, 0.1) is 11.8 Å². The molecular formula is C14H28N2. The van der Waals surface area contributed by atoms with Gasteiger partial charge in [0.1, 0.15) is 0 Å². The Kier molecular flexibility index (Phi) is 4.26. The highest BCUT2D eigenvalue weighted by Crippen LogP contribution is 2.28. The van der Waals surface area contributed by atoms with Crippen LogP contribution in [0.2, 0.25) is 0 Å². The zero-order valence-corrected chi connectivity index (χ0v) is 11.0. The van der Waals surface area contributed by atoms with Gasteiger partial charge in [0.25, 0.3) is 0 Å². The molecule has 1 aliphatic heterocycles. The molecule has 1 saturated carbocycles. The zero-order chi connectivity index (χ0) is 11.5. The van der Waals surface area contributed by atoms with E-state index in [4.69, 9.17) is 5.73 Å². The lowest BCUT2D eigenvalue weighted by atomic mass is 9.84. The molecule has 0 radical (unpaired) electrons. The van der Waals surface area contributed by atoms with Crippen molar-refractivity contribution in [2.45, 2.75) is 64.5 Å². The first kappa shape index (κ1) is 12.4. The highest BCUT2D eigenvalue weighted by molar-refractivity contribution is 4.85. The summed E-state index contributed by atoms with van der Waals surface area (Å²) in [5.41, 5.74) is 6.39. The number of rotatable bonds is 3. The first-order valence-corrected chi connectivity index (χ1v) is 7.16. The van der Waals surface area contributed by atoms with E-state index >= 15 is 0 Å². The quantitative estimate of drug-likeness (QED) is 0.798. The fourth-order valence-corrected chi connectivity index (χ4v) is 3.62. The molecule has 0 aromatic carbocycles. The Morgan fingerprint density at radius 1 is 1.19 bits per heavy atom. The van der Waals surface area contributed by atoms with Crippen LogP contribution in [0.4, 0.5) is 0 Å². The second-order valence-electron chi connectivity index (χ2n) is 6.21. The molecule has 2 nitrogen and oxygen atoms in total. The average molecular weight is 224 g/mol. The molecule has 2 aliphatic rings. The molecule has 1 heterocycles. The van der Waals surface area contributed by atoms with E-state index in [2.05, 4.69) is 18.7 Å². The van der Waals surface area contributed by atoms with Crippen LogP contribution < -0.4 is 5.73 Å². The Labute approximate surface area is 101 Å². The summed E-state index contributed by atoms with van der Waals surface area (Å²) in [6.45, 7) is 7.12. The Morgan fingerprint density at radius 2 is 1.88 bits per heavy atom. The van der Waals surface area contributed by atoms with Crippen LogP contribution in [0.5, 0.6) is 0 Å². The van der Waals surface area contributed by atoms with E-state index in [-0.39, 0.29) is 0 Å². The molecule has 2 heteroatoms. The minimum atomic E-state index is 0.424. The minimum absolute atomic E-state index is 0.424. The van der Waals surface area contributed by atoms with Crippen LogP contribution in [0.15, 0.2) is 0 Å². The second-order valence-corrected chi connectivity index (χ2v) is 6.21. The number of nitrogens with two attached hydrogens (primary N) is 1. The third-order valence-electron chi connectivity index (χ3n) is 4.61. The van der Waals surface area contributed by atoms with Gasteiger partial charge in [-0.2, -0.15) is 0 Å². The van der Waals surface area contributed by atoms with Gasteiger partial charge >= 0.3 is 0 Å². The predicted octanol–water partition coefficient (Wildman–Crippen LogP) is 2.62. The highest BCUT2D eigenvalue weighted by atomic mass is 15.2. The van der Waals surface area contributed by atoms with Gasteiger partial charge in [0.05, 0.1) is 0 Å². The smallest absolute Gasteiger partial charge is 0.0196 e. The maximum Gasteiger partial charge on any atom is 0.0196 e. The van der Waals surface area contributed by atoms with Crippen LogP contribution >= 0.6 is 0 Å². The van der Waals surface area contributed by atoms with E-state index < -0.39 is 0 Å². The Morgan fingerprint density at radius 3 is 2.44 bits per heavy atom. The van der Waals surface area contributed by atoms with Crippen molar-refractivity contribution in [2.75, 3.05) is 13.1 Å². The van der Waals surface area contributed by atoms with Gasteiger partial charge in [-0.15, -0.1) is 0 Å². The minimum Gasteiger partial charge on any atom is -0.326 e. The predicted molar refractivity (Wildman–Crippen MR) is 69.4 cm³/mol. The SMILES string of the molecule is CC1CC(C)N(CC(N)C2CCCCC2)C1. The lowest BCUT2D eigenvalue weighted by Gasteiger charge is -2.32. The standard InChI is InChI=1S/C14H28N2/c1-11-8-12(2)16(9-11)10-14(15)13-6-4-3-5-7-13/h11-14H,3-10,15H2,1-2H3. The average Bonchev–Trinajstić information content (AvgIpc) is 2.59. The molecule has 0 amide bonds. The lowest BCUT2D eigenvalue weighted by Crippen LogP contribution is -2.44. The molecule has 3 unspecified atom stereocenters. The number of nitrogens with zero attached hydrogens (tertiary/aromatic N) is 1. The van der Waals surface area contributed by atoms with Crippen LogP contribution in [0.3, 0.4) is 0 Å². The summed E-state index contributed by atoms with van der Waals surface area (Å²) < 4.78 is 0. The Balaban J connectivity index is 1.79. The van der Waals surface area contributed by atoms with Gasteiger partial charge < -0.3 is 5.73 Å². The van der Waals surface area contributed by atoms with Crippen LogP contribution in [-0.4, -0.2) is 30.1 Å². The van der Waals surface area contributed by atoms with E-state index in [1.807, 2.05) is 0 Å². The van der Waals surface area contributed by atoms with Crippen molar-refractivity contribution in [3.05, 3.63) is 0 Å². The summed E-state index contributed by atoms with van der Waals surface area (Å²) in [7, 11) is 0. The molecule has 0 bridgehead atoms. The fourth-order valence-electron chi connectivity index (χ4n) is 3.62. The van der Waals surface area contributed by atoms with Crippen molar-refractivity contribution in [3.63, 3.8) is 0 Å². The first-order chi connectivity index (χ1) is 7.66. The number of hydrogen-bond acceptors (Lipinski definition) is 2. The van der Waals surface area contributed by atoms with Crippen LogP contribution in [0.25, 0.3) is 0 Å². The molecule has 94 valence electrons. The summed E-state index contributed by atoms with van der Waals surface area (Å²) in [5, 5.41) is 0. The largest absolute Gasteiger partial charge is 0.326 e. The van der Waals surface area contributed by atoms with E-state index in [0.29, 0.717) is 6.04 Å². The molecular weight excluding hydrogens is 196 g/mol. The van der Waals surface area contributed by atoms with Gasteiger partial charge in [0.2, 0.25) is 0 Å². The van der Waals surface area contributed by atoms with Gasteiger partial charge in [-0.3, -0.25) is 4.90 Å². The molecule has 16 heavy (non-hydrogen) atoms. The van der Waals surface area contributed by atoms with Gasteiger partial charge in [0, 0.05) is 25.2 Å². The van der Waals surface area contributed by atoms with Crippen molar-refractivity contribution < 1.29 is 0 Å². The van der Waals surface area contributed by atoms with Gasteiger partial charge in [-0.05, 0) is 38.0 Å². The van der Waals surface area contributed by atoms with Crippen molar-refractivity contribution in [1.82, 2.24) is 4.90 Å². The van der Waals surface area contributed by atoms with Crippen molar-refractivity contribution in [2.24, 2.45) is 17.6 Å². The Bertz CT molecular complexity index is 211. The van der Waals surface area contributed by atoms with E-state index in [9.17, 15) is 0 Å². The molecule has 2 fully saturated rings. The van der Waals surface area contributed by atoms with Crippen LogP contribution in [-0.2, 0) is 0 Å². The summed E-state index contributed by atoms with van der Waals surface area (Å²) in [6, 6.07) is 1.18. The van der Waals surface area contributed by atoms with Crippen molar-refractivity contribution >= 4 is 0 Å². The summed E-state index contributed by atoms with van der Waals surface area (Å²) >= 11 is 0. The topological polar surface area (TPSA) is 29.3 Å². The third-order valence-corrected chi connectivity index (χ3v) is 4.61. The van der Waals surface area contributed by atoms with E-state index in [0.717, 1.165) is 24.4 Å². The number of likely N-dealkylation sites (tertiary alicyclic amines) is 1. The summed E-state index contributed by atoms with van der Waals surface area (Å²) in [4.78, 5) is 2.62. The maximum atomic E-state index is 6.39. The monoisotopic (exact) mass is 224 g/mol. The lowest BCUT2D eigenvalue weighted by molar-refractivity contribution is 0.200. The first-order valence-electron chi connectivity index (χ1n) is 7.16. The van der Waals surface area contributed by atoms with Crippen molar-refractivity contribution in [1.29, 1.82) is 0 Å². The zero-order valence-electron chi connectivity index (χ0n) is 11.0. The van der Waals surface area contributed by atoms with E-state index in [1.54, 1.807) is 0 Å². The maximum absolute atomic E-state index is 6.39. The molecule has 0 spiro atoms. The molecule has 1 saturated heterocycles. The molecule has 2 N–H and O–H groups in total. The summed E-state index contributed by atoms with van der Waals surface area (Å²) in [5.74, 6) is 1.67. The normalized spacial score (nSPS) is 35.4.